The van der Waals surface area contributed by atoms with Crippen LogP contribution in [0.25, 0.3) is 0 Å². The zero-order chi connectivity index (χ0) is 17.0. The summed E-state index contributed by atoms with van der Waals surface area (Å²) in [6.45, 7) is -0.541. The van der Waals surface area contributed by atoms with E-state index in [0.717, 1.165) is 11.3 Å². The quantitative estimate of drug-likeness (QED) is 0.559. The van der Waals surface area contributed by atoms with Crippen molar-refractivity contribution in [1.82, 2.24) is 0 Å². The maximum atomic E-state index is 11.9. The van der Waals surface area contributed by atoms with Gasteiger partial charge in [-0.1, -0.05) is 11.6 Å². The summed E-state index contributed by atoms with van der Waals surface area (Å²) in [5, 5.41) is 4.67. The molecule has 0 atom stereocenters. The molecule has 2 amide bonds. The molecular weight excluding hydrogens is 342 g/mol. The second-order valence-electron chi connectivity index (χ2n) is 4.38. The highest BCUT2D eigenvalue weighted by atomic mass is 35.5. The fraction of sp³-hybridized carbons (Fsp3) is 0.0714. The first kappa shape index (κ1) is 16.8. The number of primary amides is 1. The van der Waals surface area contributed by atoms with Crippen LogP contribution in [0.5, 0.6) is 0 Å². The van der Waals surface area contributed by atoms with Gasteiger partial charge in [-0.25, -0.2) is 4.79 Å². The first-order valence-corrected chi connectivity index (χ1v) is 7.53. The van der Waals surface area contributed by atoms with Gasteiger partial charge in [0.15, 0.2) is 6.61 Å². The number of amides is 2. The fourth-order valence-corrected chi connectivity index (χ4v) is 2.66. The summed E-state index contributed by atoms with van der Waals surface area (Å²) in [4.78, 5) is 34.8. The average molecular weight is 354 g/mol. The molecule has 2 aromatic rings. The first-order chi connectivity index (χ1) is 10.9. The number of carbonyl (C=O) groups excluding carboxylic acids is 3. The molecule has 0 aliphatic heterocycles. The lowest BCUT2D eigenvalue weighted by Gasteiger charge is -2.08. The van der Waals surface area contributed by atoms with E-state index in [1.54, 1.807) is 5.38 Å². The number of thiophene rings is 1. The Morgan fingerprint density at radius 2 is 1.96 bits per heavy atom. The van der Waals surface area contributed by atoms with Crippen LogP contribution in [0.1, 0.15) is 20.7 Å². The summed E-state index contributed by atoms with van der Waals surface area (Å²) >= 11 is 6.91. The smallest absolute Gasteiger partial charge is 0.340 e. The number of esters is 1. The monoisotopic (exact) mass is 353 g/mol. The van der Waals surface area contributed by atoms with E-state index in [-0.39, 0.29) is 16.8 Å². The number of hydrogen-bond donors (Lipinski definition) is 3. The van der Waals surface area contributed by atoms with Gasteiger partial charge in [0.1, 0.15) is 5.00 Å². The second-order valence-corrected chi connectivity index (χ2v) is 5.74. The van der Waals surface area contributed by atoms with Crippen LogP contribution >= 0.6 is 22.9 Å². The van der Waals surface area contributed by atoms with Crippen LogP contribution in [-0.4, -0.2) is 24.4 Å². The minimum Gasteiger partial charge on any atom is -0.452 e. The molecule has 2 rings (SSSR count). The zero-order valence-corrected chi connectivity index (χ0v) is 13.2. The number of halogens is 1. The van der Waals surface area contributed by atoms with Crippen LogP contribution in [0.2, 0.25) is 5.02 Å². The Morgan fingerprint density at radius 3 is 2.65 bits per heavy atom. The van der Waals surface area contributed by atoms with Crippen molar-refractivity contribution in [3.05, 3.63) is 45.8 Å². The number of nitrogens with one attached hydrogen (secondary N) is 1. The Kier molecular flexibility index (Phi) is 5.20. The number of ether oxygens (including phenoxy) is 1. The van der Waals surface area contributed by atoms with Crippen molar-refractivity contribution in [2.45, 2.75) is 0 Å². The zero-order valence-electron chi connectivity index (χ0n) is 11.7. The third-order valence-corrected chi connectivity index (χ3v) is 3.82. The van der Waals surface area contributed by atoms with E-state index in [1.165, 1.54) is 24.3 Å². The molecular formula is C14H12ClN3O4S. The van der Waals surface area contributed by atoms with Crippen molar-refractivity contribution >= 4 is 51.4 Å². The molecule has 0 unspecified atom stereocenters. The molecule has 0 spiro atoms. The lowest BCUT2D eigenvalue weighted by molar-refractivity contribution is -0.119. The summed E-state index contributed by atoms with van der Waals surface area (Å²) in [6.07, 6.45) is 0. The predicted octanol–water partition coefficient (Wildman–Crippen LogP) is 1.88. The largest absolute Gasteiger partial charge is 0.452 e. The Balaban J connectivity index is 1.96. The van der Waals surface area contributed by atoms with Gasteiger partial charge < -0.3 is 21.5 Å². The molecule has 0 aliphatic rings. The van der Waals surface area contributed by atoms with Crippen molar-refractivity contribution in [3.8, 4) is 0 Å². The van der Waals surface area contributed by atoms with Gasteiger partial charge in [-0.2, -0.15) is 0 Å². The van der Waals surface area contributed by atoms with E-state index < -0.39 is 24.4 Å². The molecule has 9 heteroatoms. The number of hydrogen-bond acceptors (Lipinski definition) is 6. The van der Waals surface area contributed by atoms with Gasteiger partial charge >= 0.3 is 5.97 Å². The van der Waals surface area contributed by atoms with Crippen LogP contribution in [-0.2, 0) is 9.53 Å². The lowest BCUT2D eigenvalue weighted by Crippen LogP contribution is -2.22. The topological polar surface area (TPSA) is 125 Å². The highest BCUT2D eigenvalue weighted by Crippen LogP contribution is 2.22. The highest BCUT2D eigenvalue weighted by Gasteiger charge is 2.16. The van der Waals surface area contributed by atoms with Gasteiger partial charge in [-0.3, -0.25) is 9.59 Å². The van der Waals surface area contributed by atoms with Crippen molar-refractivity contribution in [3.63, 3.8) is 0 Å². The maximum absolute atomic E-state index is 11.9. The van der Waals surface area contributed by atoms with Gasteiger partial charge in [0.2, 0.25) is 0 Å². The number of rotatable bonds is 5. The van der Waals surface area contributed by atoms with E-state index in [2.05, 4.69) is 5.32 Å². The number of nitrogens with two attached hydrogens (primary N) is 2. The van der Waals surface area contributed by atoms with E-state index in [1.807, 2.05) is 0 Å². The van der Waals surface area contributed by atoms with Crippen molar-refractivity contribution in [2.24, 2.45) is 5.73 Å². The minimum absolute atomic E-state index is 0.0687. The van der Waals surface area contributed by atoms with E-state index >= 15 is 0 Å². The summed E-state index contributed by atoms with van der Waals surface area (Å²) < 4.78 is 4.87. The van der Waals surface area contributed by atoms with Gasteiger partial charge in [0, 0.05) is 10.7 Å². The van der Waals surface area contributed by atoms with Gasteiger partial charge in [-0.15, -0.1) is 11.3 Å². The molecule has 0 saturated heterocycles. The molecule has 0 saturated carbocycles. The van der Waals surface area contributed by atoms with Crippen molar-refractivity contribution in [1.29, 1.82) is 0 Å². The van der Waals surface area contributed by atoms with Crippen LogP contribution in [0.15, 0.2) is 29.6 Å². The summed E-state index contributed by atoms with van der Waals surface area (Å²) in [7, 11) is 0. The minimum atomic E-state index is -0.776. The first-order valence-electron chi connectivity index (χ1n) is 6.27. The van der Waals surface area contributed by atoms with E-state index in [0.29, 0.717) is 10.0 Å². The van der Waals surface area contributed by atoms with Crippen LogP contribution < -0.4 is 16.8 Å². The molecule has 0 radical (unpaired) electrons. The van der Waals surface area contributed by atoms with E-state index in [9.17, 15) is 14.4 Å². The standard InChI is InChI=1S/C14H12ClN3O4S/c15-7-1-2-10(16)9(5-7)14(21)22-6-11(19)18-13-8(12(17)20)3-4-23-13/h1-5H,6,16H2,(H2,17,20)(H,18,19). The molecule has 1 aromatic carbocycles. The third-order valence-electron chi connectivity index (χ3n) is 2.75. The lowest BCUT2D eigenvalue weighted by atomic mass is 10.2. The van der Waals surface area contributed by atoms with E-state index in [4.69, 9.17) is 27.8 Å². The van der Waals surface area contributed by atoms with Crippen LogP contribution in [0, 0.1) is 0 Å². The summed E-state index contributed by atoms with van der Waals surface area (Å²) in [6, 6.07) is 5.83. The van der Waals surface area contributed by atoms with Crippen LogP contribution in [0.3, 0.4) is 0 Å². The summed E-state index contributed by atoms with van der Waals surface area (Å²) in [5.41, 5.74) is 11.3. The molecule has 0 fully saturated rings. The molecule has 23 heavy (non-hydrogen) atoms. The normalized spacial score (nSPS) is 10.1. The Bertz CT molecular complexity index is 775. The number of nitrogen functional groups attached to an aromatic ring is 1. The highest BCUT2D eigenvalue weighted by molar-refractivity contribution is 7.14. The molecule has 5 N–H and O–H groups in total. The number of anilines is 2. The Labute approximate surface area is 140 Å². The molecule has 1 aromatic heterocycles. The average Bonchev–Trinajstić information content (AvgIpc) is 2.95. The maximum Gasteiger partial charge on any atom is 0.340 e. The van der Waals surface area contributed by atoms with Crippen molar-refractivity contribution in [2.75, 3.05) is 17.7 Å². The molecule has 0 aliphatic carbocycles. The molecule has 1 heterocycles. The van der Waals surface area contributed by atoms with Gasteiger partial charge in [0.05, 0.1) is 11.1 Å². The van der Waals surface area contributed by atoms with Gasteiger partial charge in [0.25, 0.3) is 11.8 Å². The van der Waals surface area contributed by atoms with Crippen molar-refractivity contribution < 1.29 is 19.1 Å². The number of benzene rings is 1. The fourth-order valence-electron chi connectivity index (χ4n) is 1.68. The van der Waals surface area contributed by atoms with Gasteiger partial charge in [-0.05, 0) is 29.6 Å². The Hall–Kier alpha value is -2.58. The molecule has 7 nitrogen and oxygen atoms in total. The predicted molar refractivity (Wildman–Crippen MR) is 87.6 cm³/mol. The number of carbonyl (C=O) groups is 3. The second kappa shape index (κ2) is 7.12. The molecule has 0 bridgehead atoms. The third kappa shape index (κ3) is 4.21. The Morgan fingerprint density at radius 1 is 1.22 bits per heavy atom. The SMILES string of the molecule is NC(=O)c1ccsc1NC(=O)COC(=O)c1cc(Cl)ccc1N. The molecule has 120 valence electrons. The van der Waals surface area contributed by atoms with Crippen LogP contribution in [0.4, 0.5) is 10.7 Å². The summed E-state index contributed by atoms with van der Waals surface area (Å²) in [5.74, 6) is -2.05.